The third-order valence-corrected chi connectivity index (χ3v) is 4.02. The molecule has 1 N–H and O–H groups in total. The van der Waals surface area contributed by atoms with Crippen LogP contribution < -0.4 is 0 Å². The minimum absolute atomic E-state index is 0.0994. The van der Waals surface area contributed by atoms with Crippen molar-refractivity contribution in [2.75, 3.05) is 7.11 Å². The summed E-state index contributed by atoms with van der Waals surface area (Å²) in [6.45, 7) is 3.20. The van der Waals surface area contributed by atoms with E-state index in [1.54, 1.807) is 6.92 Å². The third-order valence-electron chi connectivity index (χ3n) is 4.02. The Morgan fingerprint density at radius 3 is 2.37 bits per heavy atom. The van der Waals surface area contributed by atoms with Crippen LogP contribution in [0.4, 0.5) is 8.78 Å². The highest BCUT2D eigenvalue weighted by molar-refractivity contribution is 5.83. The molecule has 0 radical (unpaired) electrons. The Hall–Kier alpha value is -1.49. The Bertz CT molecular complexity index is 534. The number of rotatable bonds is 3. The molecule has 1 aliphatic rings. The molecule has 0 saturated heterocycles. The van der Waals surface area contributed by atoms with Crippen LogP contribution in [-0.2, 0) is 14.9 Å². The lowest BCUT2D eigenvalue weighted by Gasteiger charge is -2.51. The number of carboxylic acids is 1. The molecule has 1 aromatic carbocycles. The molecule has 0 heterocycles. The molecule has 1 fully saturated rings. The molecule has 1 saturated carbocycles. The fourth-order valence-corrected chi connectivity index (χ4v) is 2.84. The van der Waals surface area contributed by atoms with Gasteiger partial charge in [-0.25, -0.2) is 8.78 Å². The Labute approximate surface area is 110 Å². The summed E-state index contributed by atoms with van der Waals surface area (Å²) < 4.78 is 32.8. The van der Waals surface area contributed by atoms with Gasteiger partial charge >= 0.3 is 5.97 Å². The van der Waals surface area contributed by atoms with Crippen molar-refractivity contribution in [1.82, 2.24) is 0 Å². The summed E-state index contributed by atoms with van der Waals surface area (Å²) in [7, 11) is 1.48. The molecule has 2 rings (SSSR count). The van der Waals surface area contributed by atoms with Crippen molar-refractivity contribution in [1.29, 1.82) is 0 Å². The number of carboxylic acid groups (broad SMARTS) is 1. The maximum atomic E-state index is 14.0. The van der Waals surface area contributed by atoms with Gasteiger partial charge in [-0.2, -0.15) is 0 Å². The summed E-state index contributed by atoms with van der Waals surface area (Å²) in [5.74, 6) is -2.42. The molecule has 104 valence electrons. The second-order valence-electron chi connectivity index (χ2n) is 5.48. The van der Waals surface area contributed by atoms with Gasteiger partial charge in [0, 0.05) is 12.7 Å². The van der Waals surface area contributed by atoms with E-state index in [9.17, 15) is 18.7 Å². The minimum atomic E-state index is -1.40. The van der Waals surface area contributed by atoms with Crippen LogP contribution in [0.3, 0.4) is 0 Å². The van der Waals surface area contributed by atoms with Crippen LogP contribution in [0.5, 0.6) is 0 Å². The van der Waals surface area contributed by atoms with Gasteiger partial charge in [0.05, 0.1) is 5.60 Å². The maximum absolute atomic E-state index is 14.0. The number of carbonyl (C=O) groups is 1. The molecular formula is C14H16F2O3. The van der Waals surface area contributed by atoms with E-state index in [-0.39, 0.29) is 24.0 Å². The number of benzene rings is 1. The van der Waals surface area contributed by atoms with Crippen molar-refractivity contribution < 1.29 is 23.4 Å². The van der Waals surface area contributed by atoms with Crippen LogP contribution in [0.1, 0.15) is 30.9 Å². The van der Waals surface area contributed by atoms with Gasteiger partial charge in [-0.05, 0) is 44.4 Å². The van der Waals surface area contributed by atoms with E-state index >= 15 is 0 Å². The second kappa shape index (κ2) is 4.27. The first-order chi connectivity index (χ1) is 8.74. The number of halogens is 2. The van der Waals surface area contributed by atoms with E-state index in [0.29, 0.717) is 0 Å². The molecule has 0 amide bonds. The van der Waals surface area contributed by atoms with Crippen LogP contribution in [0, 0.1) is 18.6 Å². The largest absolute Gasteiger partial charge is 0.481 e. The monoisotopic (exact) mass is 270 g/mol. The van der Waals surface area contributed by atoms with Crippen molar-refractivity contribution in [3.05, 3.63) is 34.9 Å². The zero-order valence-electron chi connectivity index (χ0n) is 11.1. The lowest BCUT2D eigenvalue weighted by Crippen LogP contribution is -2.58. The van der Waals surface area contributed by atoms with E-state index in [0.717, 1.165) is 12.1 Å². The Kier molecular flexibility index (Phi) is 3.13. The van der Waals surface area contributed by atoms with Gasteiger partial charge in [-0.3, -0.25) is 4.79 Å². The zero-order chi connectivity index (χ0) is 14.4. The minimum Gasteiger partial charge on any atom is -0.481 e. The predicted molar refractivity (Wildman–Crippen MR) is 65.1 cm³/mol. The number of hydrogen-bond acceptors (Lipinski definition) is 2. The fraction of sp³-hybridized carbons (Fsp3) is 0.500. The van der Waals surface area contributed by atoms with Crippen LogP contribution >= 0.6 is 0 Å². The van der Waals surface area contributed by atoms with Crippen LogP contribution in [0.2, 0.25) is 0 Å². The first kappa shape index (κ1) is 13.9. The first-order valence-electron chi connectivity index (χ1n) is 5.99. The summed E-state index contributed by atoms with van der Waals surface area (Å²) in [6.07, 6.45) is 0.260. The molecule has 0 bridgehead atoms. The highest BCUT2D eigenvalue weighted by Gasteiger charge is 2.59. The SMILES string of the molecule is COC1(C)CC(C(=O)O)(c2cc(F)c(C)cc2F)C1. The van der Waals surface area contributed by atoms with Crippen LogP contribution in [0.25, 0.3) is 0 Å². The molecule has 3 nitrogen and oxygen atoms in total. The molecule has 19 heavy (non-hydrogen) atoms. The van der Waals surface area contributed by atoms with Crippen molar-refractivity contribution in [2.24, 2.45) is 0 Å². The number of aryl methyl sites for hydroxylation is 1. The Balaban J connectivity index is 2.49. The highest BCUT2D eigenvalue weighted by atomic mass is 19.1. The molecule has 0 aliphatic heterocycles. The van der Waals surface area contributed by atoms with Gasteiger partial charge in [-0.15, -0.1) is 0 Å². The van der Waals surface area contributed by atoms with E-state index < -0.39 is 28.6 Å². The lowest BCUT2D eigenvalue weighted by molar-refractivity contribution is -0.167. The summed E-state index contributed by atoms with van der Waals surface area (Å²) in [5, 5.41) is 9.40. The highest BCUT2D eigenvalue weighted by Crippen LogP contribution is 2.52. The van der Waals surface area contributed by atoms with Crippen molar-refractivity contribution >= 4 is 5.97 Å². The zero-order valence-corrected chi connectivity index (χ0v) is 11.1. The molecule has 5 heteroatoms. The summed E-state index contributed by atoms with van der Waals surface area (Å²) in [4.78, 5) is 11.5. The maximum Gasteiger partial charge on any atom is 0.314 e. The second-order valence-corrected chi connectivity index (χ2v) is 5.48. The molecular weight excluding hydrogens is 254 g/mol. The Morgan fingerprint density at radius 2 is 1.89 bits per heavy atom. The number of ether oxygens (including phenoxy) is 1. The van der Waals surface area contributed by atoms with Crippen molar-refractivity contribution in [3.8, 4) is 0 Å². The van der Waals surface area contributed by atoms with Crippen molar-refractivity contribution in [2.45, 2.75) is 37.7 Å². The Morgan fingerprint density at radius 1 is 1.32 bits per heavy atom. The van der Waals surface area contributed by atoms with Gasteiger partial charge in [0.1, 0.15) is 17.0 Å². The topological polar surface area (TPSA) is 46.5 Å². The number of hydrogen-bond donors (Lipinski definition) is 1. The molecule has 0 atom stereocenters. The lowest BCUT2D eigenvalue weighted by atomic mass is 9.56. The van der Waals surface area contributed by atoms with Crippen LogP contribution in [0.15, 0.2) is 12.1 Å². The molecule has 0 unspecified atom stereocenters. The number of methoxy groups -OCH3 is 1. The van der Waals surface area contributed by atoms with Gasteiger partial charge in [0.25, 0.3) is 0 Å². The molecule has 0 spiro atoms. The summed E-state index contributed by atoms with van der Waals surface area (Å²) >= 11 is 0. The fourth-order valence-electron chi connectivity index (χ4n) is 2.84. The van der Waals surface area contributed by atoms with E-state index in [1.807, 2.05) is 0 Å². The third kappa shape index (κ3) is 2.02. The average molecular weight is 270 g/mol. The first-order valence-corrected chi connectivity index (χ1v) is 5.99. The van der Waals surface area contributed by atoms with Gasteiger partial charge in [0.15, 0.2) is 0 Å². The molecule has 0 aromatic heterocycles. The smallest absolute Gasteiger partial charge is 0.314 e. The normalized spacial score (nSPS) is 29.9. The summed E-state index contributed by atoms with van der Waals surface area (Å²) in [5.41, 5.74) is -1.94. The quantitative estimate of drug-likeness (QED) is 0.918. The molecule has 1 aliphatic carbocycles. The number of aliphatic carboxylic acids is 1. The standard InChI is InChI=1S/C14H16F2O3/c1-8-4-11(16)9(5-10(8)15)14(12(17)18)6-13(2,7-14)19-3/h4-5H,6-7H2,1-3H3,(H,17,18). The van der Waals surface area contributed by atoms with Crippen molar-refractivity contribution in [3.63, 3.8) is 0 Å². The predicted octanol–water partition coefficient (Wildman–Crippen LogP) is 2.79. The molecule has 1 aromatic rings. The van der Waals surface area contributed by atoms with E-state index in [1.165, 1.54) is 14.0 Å². The van der Waals surface area contributed by atoms with Crippen LogP contribution in [-0.4, -0.2) is 23.8 Å². The van der Waals surface area contributed by atoms with E-state index in [4.69, 9.17) is 4.74 Å². The van der Waals surface area contributed by atoms with E-state index in [2.05, 4.69) is 0 Å². The van der Waals surface area contributed by atoms with Gasteiger partial charge < -0.3 is 9.84 Å². The van der Waals surface area contributed by atoms with Gasteiger partial charge in [0.2, 0.25) is 0 Å². The summed E-state index contributed by atoms with van der Waals surface area (Å²) in [6, 6.07) is 2.03. The van der Waals surface area contributed by atoms with Gasteiger partial charge in [-0.1, -0.05) is 0 Å². The average Bonchev–Trinajstić information content (AvgIpc) is 2.29.